The second kappa shape index (κ2) is 34.6. The van der Waals surface area contributed by atoms with Crippen LogP contribution in [0.1, 0.15) is 164 Å². The Morgan fingerprint density at radius 1 is 0.556 bits per heavy atom. The van der Waals surface area contributed by atoms with Crippen LogP contribution in [-0.2, 0) is 65.3 Å². The van der Waals surface area contributed by atoms with Crippen LogP contribution in [0.4, 0.5) is 13.2 Å². The zero-order valence-corrected chi connectivity index (χ0v) is 56.8. The van der Waals surface area contributed by atoms with E-state index in [1.165, 1.54) is 90.0 Å². The van der Waals surface area contributed by atoms with Gasteiger partial charge in [-0.25, -0.2) is 0 Å². The summed E-state index contributed by atoms with van der Waals surface area (Å²) in [6.07, 6.45) is 0.423. The number of nitrogens with one attached hydrogen (secondary N) is 4. The lowest BCUT2D eigenvalue weighted by Crippen LogP contribution is -2.63. The molecule has 1 aliphatic heterocycles. The average Bonchev–Trinajstić information content (AvgIpc) is 1.05. The van der Waals surface area contributed by atoms with Gasteiger partial charge in [0, 0.05) is 61.8 Å². The number of amides is 11. The molecule has 0 radical (unpaired) electrons. The molecule has 2 fully saturated rings. The predicted octanol–water partition coefficient (Wildman–Crippen LogP) is 5.25. The molecule has 1 aliphatic carbocycles. The molecular formula is C65H106F3N11O11. The lowest BCUT2D eigenvalue weighted by molar-refractivity contribution is -0.149. The Bertz CT molecular complexity index is 2650. The van der Waals surface area contributed by atoms with Gasteiger partial charge in [0.1, 0.15) is 41.8 Å². The van der Waals surface area contributed by atoms with Crippen LogP contribution in [0, 0.1) is 29.6 Å². The SMILES string of the molecule is CCC(C)[C@@H]1NC(=O)[C@H](CC(C)C)N(C)C(=O)C[C@@H](C)NC(=O)[C@H](CC(C)C)N(C)C(=O)C(C)(C)NC(=O)[C@H](CC(C)C)N(C)C(=O)[C@H](CCc2ccc(C(F)(F)F)cc2)NC(=O)CN(C)C(=O)[C@H](CC2CCCCC2)N(C)C(=O)CN(C)C(=O)CN(C)C1=O. The normalized spacial score (nSPS) is 25.0. The first-order valence-electron chi connectivity index (χ1n) is 31.9. The van der Waals surface area contributed by atoms with Gasteiger partial charge < -0.3 is 55.6 Å². The Kier molecular flexibility index (Phi) is 29.7. The second-order valence-corrected chi connectivity index (χ2v) is 27.2. The molecule has 1 aromatic rings. The van der Waals surface area contributed by atoms with Crippen LogP contribution >= 0.6 is 0 Å². The number of halogens is 3. The van der Waals surface area contributed by atoms with E-state index in [0.717, 1.165) is 63.8 Å². The Hall–Kier alpha value is -6.82. The maximum atomic E-state index is 14.9. The molecule has 0 aromatic heterocycles. The van der Waals surface area contributed by atoms with Crippen molar-refractivity contribution < 1.29 is 65.9 Å². The van der Waals surface area contributed by atoms with E-state index in [1.807, 2.05) is 48.5 Å². The largest absolute Gasteiger partial charge is 0.416 e. The van der Waals surface area contributed by atoms with Gasteiger partial charge in [0.15, 0.2) is 0 Å². The van der Waals surface area contributed by atoms with Crippen molar-refractivity contribution in [1.82, 2.24) is 55.6 Å². The smallest absolute Gasteiger partial charge is 0.351 e. The summed E-state index contributed by atoms with van der Waals surface area (Å²) >= 11 is 0. The van der Waals surface area contributed by atoms with Crippen LogP contribution in [0.5, 0.6) is 0 Å². The summed E-state index contributed by atoms with van der Waals surface area (Å²) < 4.78 is 40.8. The summed E-state index contributed by atoms with van der Waals surface area (Å²) in [7, 11) is 9.85. The van der Waals surface area contributed by atoms with E-state index in [0.29, 0.717) is 12.0 Å². The van der Waals surface area contributed by atoms with E-state index >= 15 is 0 Å². The van der Waals surface area contributed by atoms with Gasteiger partial charge in [-0.05, 0) is 107 Å². The summed E-state index contributed by atoms with van der Waals surface area (Å²) in [6, 6.07) is -3.60. The third kappa shape index (κ3) is 22.8. The van der Waals surface area contributed by atoms with E-state index in [9.17, 15) is 65.9 Å². The summed E-state index contributed by atoms with van der Waals surface area (Å²) in [6.45, 7) is 17.6. The second-order valence-electron chi connectivity index (χ2n) is 27.2. The van der Waals surface area contributed by atoms with Gasteiger partial charge in [-0.1, -0.05) is 106 Å². The molecule has 8 atom stereocenters. The molecule has 11 amide bonds. The lowest BCUT2D eigenvalue weighted by atomic mass is 9.84. The molecule has 0 spiro atoms. The Balaban J connectivity index is 2.21. The number of carbonyl (C=O) groups excluding carboxylic acids is 11. The molecular weight excluding hydrogens is 1170 g/mol. The Labute approximate surface area is 532 Å². The van der Waals surface area contributed by atoms with E-state index < -0.39 is 150 Å². The highest BCUT2D eigenvalue weighted by Gasteiger charge is 2.43. The highest BCUT2D eigenvalue weighted by atomic mass is 19.4. The summed E-state index contributed by atoms with van der Waals surface area (Å²) in [5, 5.41) is 11.3. The zero-order chi connectivity index (χ0) is 68.4. The first-order valence-corrected chi connectivity index (χ1v) is 31.9. The molecule has 0 bridgehead atoms. The van der Waals surface area contributed by atoms with E-state index in [-0.39, 0.29) is 68.6 Å². The van der Waals surface area contributed by atoms with Gasteiger partial charge in [-0.15, -0.1) is 0 Å². The van der Waals surface area contributed by atoms with Crippen molar-refractivity contribution in [3.63, 3.8) is 0 Å². The first-order chi connectivity index (χ1) is 41.7. The van der Waals surface area contributed by atoms with Crippen molar-refractivity contribution in [2.75, 3.05) is 69.0 Å². The Morgan fingerprint density at radius 2 is 1.04 bits per heavy atom. The average molecular weight is 1270 g/mol. The number of rotatable bonds is 13. The maximum Gasteiger partial charge on any atom is 0.416 e. The fourth-order valence-electron chi connectivity index (χ4n) is 11.6. The molecule has 3 rings (SSSR count). The quantitative estimate of drug-likeness (QED) is 0.198. The van der Waals surface area contributed by atoms with Crippen LogP contribution in [0.15, 0.2) is 24.3 Å². The lowest BCUT2D eigenvalue weighted by Gasteiger charge is -2.38. The molecule has 25 heteroatoms. The van der Waals surface area contributed by atoms with Crippen LogP contribution < -0.4 is 21.3 Å². The molecule has 1 heterocycles. The van der Waals surface area contributed by atoms with Crippen LogP contribution in [0.25, 0.3) is 0 Å². The Morgan fingerprint density at radius 3 is 1.57 bits per heavy atom. The fraction of sp³-hybridized carbons (Fsp3) is 0.738. The van der Waals surface area contributed by atoms with Gasteiger partial charge in [0.25, 0.3) is 0 Å². The maximum absolute atomic E-state index is 14.9. The molecule has 90 heavy (non-hydrogen) atoms. The third-order valence-electron chi connectivity index (χ3n) is 17.4. The fourth-order valence-corrected chi connectivity index (χ4v) is 11.6. The molecule has 508 valence electrons. The number of alkyl halides is 3. The van der Waals surface area contributed by atoms with Crippen LogP contribution in [0.2, 0.25) is 0 Å². The van der Waals surface area contributed by atoms with E-state index in [2.05, 4.69) is 21.3 Å². The molecule has 1 unspecified atom stereocenters. The number of likely N-dealkylation sites (N-methyl/N-ethyl adjacent to an activating group) is 7. The van der Waals surface area contributed by atoms with Gasteiger partial charge in [0.05, 0.1) is 25.2 Å². The first kappa shape index (κ1) is 77.4. The highest BCUT2D eigenvalue weighted by Crippen LogP contribution is 2.31. The number of aryl methyl sites for hydroxylation is 1. The minimum absolute atomic E-state index is 0.0148. The van der Waals surface area contributed by atoms with Crippen molar-refractivity contribution in [2.45, 2.75) is 214 Å². The van der Waals surface area contributed by atoms with Crippen molar-refractivity contribution >= 4 is 65.0 Å². The van der Waals surface area contributed by atoms with Gasteiger partial charge in [0.2, 0.25) is 65.0 Å². The predicted molar refractivity (Wildman–Crippen MR) is 336 cm³/mol. The third-order valence-corrected chi connectivity index (χ3v) is 17.4. The molecule has 2 aliphatic rings. The minimum atomic E-state index is -4.62. The van der Waals surface area contributed by atoms with Crippen molar-refractivity contribution in [1.29, 1.82) is 0 Å². The molecule has 1 saturated carbocycles. The molecule has 22 nitrogen and oxygen atoms in total. The number of benzene rings is 1. The number of nitrogens with zero attached hydrogens (tertiary/aromatic N) is 7. The topological polar surface area (TPSA) is 259 Å². The van der Waals surface area contributed by atoms with Crippen molar-refractivity contribution in [3.8, 4) is 0 Å². The zero-order valence-electron chi connectivity index (χ0n) is 56.8. The number of carbonyl (C=O) groups is 11. The standard InChI is InChI=1S/C65H106F3N11O11/c1-19-42(8)56-62(89)75(14)37-54(82)73(12)38-55(83)77(16)51(35-45-23-21-20-22-24-45)61(88)74(13)36-52(80)70-47(30-27-44-25-28-46(29-26-44)65(66,67)68)60(87)78(17)50(33-41(6)7)59(86)72-64(10,11)63(90)79(18)49(32-40(4)5)57(84)69-43(9)34-53(81)76(15)48(31-39(2)3)58(85)71-56/h25-26,28-29,39-43,45,47-51,56H,19-24,27,30-38H2,1-18H3,(H,69,84)(H,70,80)(H,71,85)(H,72,86)/t42?,43-,47+,48+,49+,50+,51+,56+/m1/s1. The van der Waals surface area contributed by atoms with Crippen LogP contribution in [0.3, 0.4) is 0 Å². The van der Waals surface area contributed by atoms with Crippen LogP contribution in [-0.4, -0.2) is 216 Å². The number of hydrogen-bond donors (Lipinski definition) is 4. The molecule has 4 N–H and O–H groups in total. The summed E-state index contributed by atoms with van der Waals surface area (Å²) in [4.78, 5) is 167. The molecule has 1 aromatic carbocycles. The number of hydrogen-bond acceptors (Lipinski definition) is 11. The van der Waals surface area contributed by atoms with Gasteiger partial charge in [-0.3, -0.25) is 52.7 Å². The van der Waals surface area contributed by atoms with Gasteiger partial charge in [-0.2, -0.15) is 13.2 Å². The van der Waals surface area contributed by atoms with Gasteiger partial charge >= 0.3 is 6.18 Å². The van der Waals surface area contributed by atoms with E-state index in [1.54, 1.807) is 13.8 Å². The monoisotopic (exact) mass is 1270 g/mol. The minimum Gasteiger partial charge on any atom is -0.351 e. The van der Waals surface area contributed by atoms with Crippen molar-refractivity contribution in [3.05, 3.63) is 35.4 Å². The molecule has 1 saturated heterocycles. The van der Waals surface area contributed by atoms with E-state index in [4.69, 9.17) is 0 Å². The van der Waals surface area contributed by atoms with Crippen molar-refractivity contribution in [2.24, 2.45) is 29.6 Å². The summed E-state index contributed by atoms with van der Waals surface area (Å²) in [5.74, 6) is -8.04. The summed E-state index contributed by atoms with van der Waals surface area (Å²) in [5.41, 5.74) is -2.20. The highest BCUT2D eigenvalue weighted by molar-refractivity contribution is 5.98.